The van der Waals surface area contributed by atoms with Crippen LogP contribution in [0, 0.1) is 6.92 Å². The number of hydrazine groups is 2. The number of nitrogens with one attached hydrogen (secondary N) is 5. The third kappa shape index (κ3) is 7.39. The number of ether oxygens (including phenoxy) is 1. The fourth-order valence-electron chi connectivity index (χ4n) is 4.29. The van der Waals surface area contributed by atoms with Crippen LogP contribution in [0.5, 0.6) is 5.75 Å². The van der Waals surface area contributed by atoms with Crippen LogP contribution < -0.4 is 36.1 Å². The normalized spacial score (nSPS) is 13.2. The number of methoxy groups -OCH3 is 1. The number of hydrogen-bond acceptors (Lipinski definition) is 8. The van der Waals surface area contributed by atoms with Gasteiger partial charge in [-0.3, -0.25) is 24.7 Å². The van der Waals surface area contributed by atoms with Gasteiger partial charge >= 0.3 is 0 Å². The van der Waals surface area contributed by atoms with Crippen molar-refractivity contribution in [3.8, 4) is 5.75 Å². The first-order valence-corrected chi connectivity index (χ1v) is 15.1. The SMILES string of the molecule is COc1c(NC(=O)c2ccc(C)c(N3C=C(C(=O)NCc4ccccc4)NN3)c2)cc(C(C)(C)C)cc1NS(C)(=O)=O. The summed E-state index contributed by atoms with van der Waals surface area (Å²) in [5.74, 6) is -0.527. The second-order valence-corrected chi connectivity index (χ2v) is 12.8. The van der Waals surface area contributed by atoms with Gasteiger partial charge in [0.05, 0.1) is 36.6 Å². The van der Waals surface area contributed by atoms with Crippen LogP contribution in [0.3, 0.4) is 0 Å². The molecule has 3 aromatic carbocycles. The number of nitrogens with zero attached hydrogens (tertiary/aromatic N) is 1. The highest BCUT2D eigenvalue weighted by molar-refractivity contribution is 7.92. The molecule has 42 heavy (non-hydrogen) atoms. The van der Waals surface area contributed by atoms with Gasteiger partial charge in [-0.05, 0) is 53.3 Å². The molecular formula is C30H36N6O5S. The van der Waals surface area contributed by atoms with E-state index < -0.39 is 15.9 Å². The minimum atomic E-state index is -3.61. The van der Waals surface area contributed by atoms with Crippen LogP contribution in [-0.4, -0.2) is 33.6 Å². The Labute approximate surface area is 246 Å². The van der Waals surface area contributed by atoms with Crippen molar-refractivity contribution < 1.29 is 22.7 Å². The van der Waals surface area contributed by atoms with E-state index >= 15 is 0 Å². The lowest BCUT2D eigenvalue weighted by molar-refractivity contribution is -0.118. The van der Waals surface area contributed by atoms with Crippen molar-refractivity contribution >= 4 is 38.9 Å². The van der Waals surface area contributed by atoms with E-state index in [-0.39, 0.29) is 22.8 Å². The highest BCUT2D eigenvalue weighted by Crippen LogP contribution is 2.39. The third-order valence-corrected chi connectivity index (χ3v) is 7.13. The molecule has 222 valence electrons. The summed E-state index contributed by atoms with van der Waals surface area (Å²) in [5, 5.41) is 7.38. The number of benzene rings is 3. The zero-order valence-electron chi connectivity index (χ0n) is 24.5. The minimum absolute atomic E-state index is 0.189. The van der Waals surface area contributed by atoms with E-state index in [1.807, 2.05) is 58.0 Å². The Bertz CT molecular complexity index is 1630. The van der Waals surface area contributed by atoms with E-state index in [9.17, 15) is 18.0 Å². The largest absolute Gasteiger partial charge is 0.492 e. The second-order valence-electron chi connectivity index (χ2n) is 11.0. The maximum absolute atomic E-state index is 13.5. The molecule has 0 aromatic heterocycles. The molecule has 4 rings (SSSR count). The summed E-state index contributed by atoms with van der Waals surface area (Å²) in [6, 6.07) is 18.2. The Kier molecular flexibility index (Phi) is 8.78. The zero-order chi connectivity index (χ0) is 30.7. The van der Waals surface area contributed by atoms with Gasteiger partial charge in [-0.15, -0.1) is 5.53 Å². The Balaban J connectivity index is 1.57. The van der Waals surface area contributed by atoms with Gasteiger partial charge in [-0.1, -0.05) is 57.2 Å². The van der Waals surface area contributed by atoms with Crippen molar-refractivity contribution in [3.05, 3.63) is 94.8 Å². The second kappa shape index (κ2) is 12.1. The first-order valence-electron chi connectivity index (χ1n) is 13.2. The number of carbonyl (C=O) groups is 2. The van der Waals surface area contributed by atoms with Gasteiger partial charge in [0.1, 0.15) is 5.70 Å². The minimum Gasteiger partial charge on any atom is -0.492 e. The average molecular weight is 593 g/mol. The maximum atomic E-state index is 13.5. The molecular weight excluding hydrogens is 556 g/mol. The number of hydrogen-bond donors (Lipinski definition) is 5. The van der Waals surface area contributed by atoms with E-state index in [1.165, 1.54) is 7.11 Å². The fraction of sp³-hybridized carbons (Fsp3) is 0.267. The zero-order valence-corrected chi connectivity index (χ0v) is 25.3. The van der Waals surface area contributed by atoms with Crippen LogP contribution in [0.15, 0.2) is 72.6 Å². The first-order chi connectivity index (χ1) is 19.7. The number of anilines is 3. The molecule has 0 saturated carbocycles. The first kappa shape index (κ1) is 30.4. The van der Waals surface area contributed by atoms with Gasteiger partial charge in [0, 0.05) is 12.1 Å². The van der Waals surface area contributed by atoms with E-state index in [0.717, 1.165) is 22.9 Å². The average Bonchev–Trinajstić information content (AvgIpc) is 3.41. The molecule has 1 heterocycles. The Morgan fingerprint density at radius 3 is 2.31 bits per heavy atom. The van der Waals surface area contributed by atoms with Crippen LogP contribution >= 0.6 is 0 Å². The maximum Gasteiger partial charge on any atom is 0.270 e. The van der Waals surface area contributed by atoms with Gasteiger partial charge in [-0.25, -0.2) is 8.42 Å². The van der Waals surface area contributed by atoms with Crippen molar-refractivity contribution in [2.24, 2.45) is 0 Å². The Hall–Kier alpha value is -4.55. The van der Waals surface area contributed by atoms with Crippen molar-refractivity contribution in [1.29, 1.82) is 0 Å². The molecule has 2 amide bonds. The topological polar surface area (TPSA) is 141 Å². The van der Waals surface area contributed by atoms with Crippen molar-refractivity contribution in [3.63, 3.8) is 0 Å². The highest BCUT2D eigenvalue weighted by atomic mass is 32.2. The summed E-state index contributed by atoms with van der Waals surface area (Å²) in [7, 11) is -2.21. The molecule has 0 aliphatic carbocycles. The molecule has 5 N–H and O–H groups in total. The van der Waals surface area contributed by atoms with Gasteiger partial charge in [0.2, 0.25) is 10.0 Å². The molecule has 12 heteroatoms. The molecule has 0 unspecified atom stereocenters. The van der Waals surface area contributed by atoms with Crippen LogP contribution in [0.2, 0.25) is 0 Å². The number of aryl methyl sites for hydroxylation is 1. The Morgan fingerprint density at radius 2 is 1.67 bits per heavy atom. The quantitative estimate of drug-likeness (QED) is 0.252. The van der Waals surface area contributed by atoms with Crippen molar-refractivity contribution in [1.82, 2.24) is 16.3 Å². The van der Waals surface area contributed by atoms with Crippen molar-refractivity contribution in [2.75, 3.05) is 28.4 Å². The summed E-state index contributed by atoms with van der Waals surface area (Å²) >= 11 is 0. The fourth-order valence-corrected chi connectivity index (χ4v) is 4.84. The summed E-state index contributed by atoms with van der Waals surface area (Å²) in [6.07, 6.45) is 2.67. The standard InChI is InChI=1S/C30H36N6O5S/c1-19-12-13-21(14-26(19)36-18-25(33-35-36)29(38)31-17-20-10-8-7-9-11-20)28(37)32-23-15-22(30(2,3)4)16-24(27(23)41-5)34-42(6,39)40/h7-16,18,33-35H,17H2,1-6H3,(H,31,38)(H,32,37). The number of carbonyl (C=O) groups excluding carboxylic acids is 2. The van der Waals surface area contributed by atoms with Crippen LogP contribution in [0.25, 0.3) is 0 Å². The van der Waals surface area contributed by atoms with Crippen molar-refractivity contribution in [2.45, 2.75) is 39.7 Å². The van der Waals surface area contributed by atoms with E-state index in [4.69, 9.17) is 4.74 Å². The lowest BCUT2D eigenvalue weighted by Gasteiger charge is -2.24. The summed E-state index contributed by atoms with van der Waals surface area (Å²) in [5.41, 5.74) is 9.95. The molecule has 0 fully saturated rings. The molecule has 0 bridgehead atoms. The number of sulfonamides is 1. The van der Waals surface area contributed by atoms with Gasteiger partial charge < -0.3 is 15.4 Å². The molecule has 0 radical (unpaired) electrons. The van der Waals surface area contributed by atoms with E-state index in [1.54, 1.807) is 41.5 Å². The predicted molar refractivity (Wildman–Crippen MR) is 164 cm³/mol. The Morgan fingerprint density at radius 1 is 0.976 bits per heavy atom. The number of amides is 2. The molecule has 3 aromatic rings. The van der Waals surface area contributed by atoms with E-state index in [2.05, 4.69) is 26.3 Å². The molecule has 1 aliphatic heterocycles. The molecule has 0 saturated heterocycles. The van der Waals surface area contributed by atoms with Gasteiger partial charge in [0.25, 0.3) is 11.8 Å². The summed E-state index contributed by atoms with van der Waals surface area (Å²) in [6.45, 7) is 8.22. The number of rotatable bonds is 9. The van der Waals surface area contributed by atoms with Crippen LogP contribution in [-0.2, 0) is 26.8 Å². The predicted octanol–water partition coefficient (Wildman–Crippen LogP) is 3.91. The monoisotopic (exact) mass is 592 g/mol. The third-order valence-electron chi connectivity index (χ3n) is 6.54. The molecule has 1 aliphatic rings. The van der Waals surface area contributed by atoms with Crippen LogP contribution in [0.4, 0.5) is 17.1 Å². The van der Waals surface area contributed by atoms with Gasteiger partial charge in [0.15, 0.2) is 5.75 Å². The molecule has 0 atom stereocenters. The molecule has 0 spiro atoms. The lowest BCUT2D eigenvalue weighted by atomic mass is 9.86. The summed E-state index contributed by atoms with van der Waals surface area (Å²) < 4.78 is 32.1. The van der Waals surface area contributed by atoms with E-state index in [0.29, 0.717) is 29.2 Å². The van der Waals surface area contributed by atoms with Gasteiger partial charge in [-0.2, -0.15) is 0 Å². The van der Waals surface area contributed by atoms with Crippen LogP contribution in [0.1, 0.15) is 47.8 Å². The smallest absolute Gasteiger partial charge is 0.270 e. The lowest BCUT2D eigenvalue weighted by Crippen LogP contribution is -2.39. The highest BCUT2D eigenvalue weighted by Gasteiger charge is 2.24. The molecule has 11 nitrogen and oxygen atoms in total. The summed E-state index contributed by atoms with van der Waals surface area (Å²) in [4.78, 5) is 26.2.